The number of β-amino-alcohol motifs (C(OH)–C–C–N with tert-alkyl or cyclic N) is 1. The van der Waals surface area contributed by atoms with Gasteiger partial charge in [0, 0.05) is 12.2 Å². The zero-order valence-corrected chi connectivity index (χ0v) is 10.0. The molecule has 1 heterocycles. The molecule has 0 amide bonds. The predicted octanol–water partition coefficient (Wildman–Crippen LogP) is 1.53. The number of carbonyl (C=O) groups excluding carboxylic acids is 1. The summed E-state index contributed by atoms with van der Waals surface area (Å²) in [6.45, 7) is 3.77. The third-order valence-electron chi connectivity index (χ3n) is 3.30. The van der Waals surface area contributed by atoms with E-state index in [4.69, 9.17) is 0 Å². The molecule has 17 heavy (non-hydrogen) atoms. The van der Waals surface area contributed by atoms with E-state index in [-0.39, 0.29) is 18.1 Å². The van der Waals surface area contributed by atoms with E-state index in [1.165, 1.54) is 26.0 Å². The molecule has 0 saturated heterocycles. The van der Waals surface area contributed by atoms with Gasteiger partial charge in [-0.1, -0.05) is 6.07 Å². The number of hydrogen-bond donors (Lipinski definition) is 1. The minimum atomic E-state index is -1.38. The summed E-state index contributed by atoms with van der Waals surface area (Å²) in [5.74, 6) is -0.569. The van der Waals surface area contributed by atoms with Crippen molar-refractivity contribution in [3.63, 3.8) is 0 Å². The summed E-state index contributed by atoms with van der Waals surface area (Å²) in [6.07, 6.45) is 0.823. The van der Waals surface area contributed by atoms with Gasteiger partial charge in [0.1, 0.15) is 11.4 Å². The van der Waals surface area contributed by atoms with Gasteiger partial charge in [0.15, 0.2) is 5.78 Å². The van der Waals surface area contributed by atoms with E-state index >= 15 is 0 Å². The second-order valence-corrected chi connectivity index (χ2v) is 4.77. The monoisotopic (exact) mass is 237 g/mol. The van der Waals surface area contributed by atoms with Crippen LogP contribution in [0, 0.1) is 5.82 Å². The molecule has 0 saturated carbocycles. The molecule has 1 N–H and O–H groups in total. The molecule has 1 unspecified atom stereocenters. The Kier molecular flexibility index (Phi) is 2.91. The third kappa shape index (κ3) is 2.31. The van der Waals surface area contributed by atoms with Crippen LogP contribution < -0.4 is 4.90 Å². The molecule has 3 nitrogen and oxygen atoms in total. The number of hydrogen-bond acceptors (Lipinski definition) is 3. The summed E-state index contributed by atoms with van der Waals surface area (Å²) in [5, 5.41) is 9.96. The van der Waals surface area contributed by atoms with Crippen LogP contribution in [0.4, 0.5) is 10.1 Å². The van der Waals surface area contributed by atoms with Gasteiger partial charge in [-0.05, 0) is 38.0 Å². The molecule has 1 aromatic rings. The van der Waals surface area contributed by atoms with Gasteiger partial charge in [0.2, 0.25) is 0 Å². The molecule has 1 atom stereocenters. The van der Waals surface area contributed by atoms with Crippen LogP contribution in [0.25, 0.3) is 0 Å². The van der Waals surface area contributed by atoms with Gasteiger partial charge in [0.05, 0.1) is 6.54 Å². The molecule has 0 fully saturated rings. The Labute approximate surface area is 99.9 Å². The number of aliphatic hydroxyl groups is 1. The van der Waals surface area contributed by atoms with Gasteiger partial charge in [-0.2, -0.15) is 0 Å². The summed E-state index contributed by atoms with van der Waals surface area (Å²) < 4.78 is 13.2. The first-order chi connectivity index (χ1) is 7.90. The summed E-state index contributed by atoms with van der Waals surface area (Å²) in [6, 6.07) is 4.65. The van der Waals surface area contributed by atoms with E-state index in [2.05, 4.69) is 0 Å². The SMILES string of the molecule is CC(=O)C(C)(O)CN1CCc2ccc(F)cc21. The number of benzene rings is 1. The fourth-order valence-electron chi connectivity index (χ4n) is 2.07. The van der Waals surface area contributed by atoms with Crippen molar-refractivity contribution in [1.82, 2.24) is 0 Å². The highest BCUT2D eigenvalue weighted by Gasteiger charge is 2.31. The highest BCUT2D eigenvalue weighted by Crippen LogP contribution is 2.29. The first kappa shape index (κ1) is 12.0. The third-order valence-corrected chi connectivity index (χ3v) is 3.30. The summed E-state index contributed by atoms with van der Waals surface area (Å²) in [5.41, 5.74) is 0.464. The molecule has 0 aromatic heterocycles. The van der Waals surface area contributed by atoms with Crippen LogP contribution in [0.5, 0.6) is 0 Å². The lowest BCUT2D eigenvalue weighted by Crippen LogP contribution is -2.45. The standard InChI is InChI=1S/C13H16FNO2/c1-9(16)13(2,17)8-15-6-5-10-3-4-11(14)7-12(10)15/h3-4,7,17H,5-6,8H2,1-2H3. The highest BCUT2D eigenvalue weighted by molar-refractivity contribution is 5.85. The fourth-order valence-corrected chi connectivity index (χ4v) is 2.07. The van der Waals surface area contributed by atoms with Crippen LogP contribution in [0.3, 0.4) is 0 Å². The predicted molar refractivity (Wildman–Crippen MR) is 63.6 cm³/mol. The lowest BCUT2D eigenvalue weighted by atomic mass is 10.0. The average molecular weight is 237 g/mol. The quantitative estimate of drug-likeness (QED) is 0.866. The van der Waals surface area contributed by atoms with E-state index < -0.39 is 5.60 Å². The molecule has 0 radical (unpaired) electrons. The maximum atomic E-state index is 13.2. The second-order valence-electron chi connectivity index (χ2n) is 4.77. The van der Waals surface area contributed by atoms with Crippen molar-refractivity contribution in [3.8, 4) is 0 Å². The second kappa shape index (κ2) is 4.11. The van der Waals surface area contributed by atoms with Crippen LogP contribution in [0.1, 0.15) is 19.4 Å². The molecular weight excluding hydrogens is 221 g/mol. The normalized spacial score (nSPS) is 17.8. The van der Waals surface area contributed by atoms with E-state index in [0.717, 1.165) is 17.7 Å². The minimum absolute atomic E-state index is 0.207. The molecule has 4 heteroatoms. The first-order valence-corrected chi connectivity index (χ1v) is 5.67. The summed E-state index contributed by atoms with van der Waals surface area (Å²) >= 11 is 0. The number of carbonyl (C=O) groups is 1. The van der Waals surface area contributed by atoms with Gasteiger partial charge in [-0.25, -0.2) is 4.39 Å². The molecule has 1 aromatic carbocycles. The van der Waals surface area contributed by atoms with E-state index in [1.54, 1.807) is 6.07 Å². The first-order valence-electron chi connectivity index (χ1n) is 5.67. The van der Waals surface area contributed by atoms with E-state index in [1.807, 2.05) is 4.90 Å². The Bertz CT molecular complexity index is 457. The number of anilines is 1. The molecule has 1 aliphatic rings. The van der Waals surface area contributed by atoms with Crippen molar-refractivity contribution in [3.05, 3.63) is 29.6 Å². The maximum Gasteiger partial charge on any atom is 0.162 e. The molecule has 2 rings (SSSR count). The fraction of sp³-hybridized carbons (Fsp3) is 0.462. The topological polar surface area (TPSA) is 40.5 Å². The largest absolute Gasteiger partial charge is 0.381 e. The molecular formula is C13H16FNO2. The Morgan fingerprint density at radius 3 is 2.94 bits per heavy atom. The molecule has 0 aliphatic carbocycles. The number of nitrogens with zero attached hydrogens (tertiary/aromatic N) is 1. The van der Waals surface area contributed by atoms with Gasteiger partial charge in [-0.3, -0.25) is 4.79 Å². The van der Waals surface area contributed by atoms with Crippen LogP contribution in [0.2, 0.25) is 0 Å². The van der Waals surface area contributed by atoms with Crippen LogP contribution >= 0.6 is 0 Å². The Hall–Kier alpha value is -1.42. The Morgan fingerprint density at radius 1 is 1.59 bits per heavy atom. The lowest BCUT2D eigenvalue weighted by molar-refractivity contribution is -0.132. The van der Waals surface area contributed by atoms with Crippen molar-refractivity contribution in [2.45, 2.75) is 25.9 Å². The minimum Gasteiger partial charge on any atom is -0.381 e. The lowest BCUT2D eigenvalue weighted by Gasteiger charge is -2.28. The Morgan fingerprint density at radius 2 is 2.29 bits per heavy atom. The van der Waals surface area contributed by atoms with Gasteiger partial charge in [0.25, 0.3) is 0 Å². The van der Waals surface area contributed by atoms with Gasteiger partial charge >= 0.3 is 0 Å². The molecule has 92 valence electrons. The van der Waals surface area contributed by atoms with Crippen molar-refractivity contribution >= 4 is 11.5 Å². The van der Waals surface area contributed by atoms with Crippen molar-refractivity contribution in [1.29, 1.82) is 0 Å². The van der Waals surface area contributed by atoms with Crippen LogP contribution in [0.15, 0.2) is 18.2 Å². The van der Waals surface area contributed by atoms with Crippen molar-refractivity contribution < 1.29 is 14.3 Å². The maximum absolute atomic E-state index is 13.2. The molecule has 0 spiro atoms. The van der Waals surface area contributed by atoms with E-state index in [0.29, 0.717) is 6.54 Å². The highest BCUT2D eigenvalue weighted by atomic mass is 19.1. The van der Waals surface area contributed by atoms with Gasteiger partial charge in [-0.15, -0.1) is 0 Å². The van der Waals surface area contributed by atoms with Crippen molar-refractivity contribution in [2.24, 2.45) is 0 Å². The molecule has 0 bridgehead atoms. The van der Waals surface area contributed by atoms with Crippen molar-refractivity contribution in [2.75, 3.05) is 18.0 Å². The number of rotatable bonds is 3. The smallest absolute Gasteiger partial charge is 0.162 e. The zero-order valence-electron chi connectivity index (χ0n) is 10.0. The van der Waals surface area contributed by atoms with Crippen LogP contribution in [-0.4, -0.2) is 29.6 Å². The number of ketones is 1. The number of fused-ring (bicyclic) bond motifs is 1. The summed E-state index contributed by atoms with van der Waals surface area (Å²) in [4.78, 5) is 13.1. The zero-order chi connectivity index (χ0) is 12.6. The van der Waals surface area contributed by atoms with Crippen LogP contribution in [-0.2, 0) is 11.2 Å². The Balaban J connectivity index is 2.23. The molecule has 1 aliphatic heterocycles. The van der Waals surface area contributed by atoms with E-state index in [9.17, 15) is 14.3 Å². The summed E-state index contributed by atoms with van der Waals surface area (Å²) in [7, 11) is 0. The van der Waals surface area contributed by atoms with Gasteiger partial charge < -0.3 is 10.0 Å². The number of Topliss-reactive ketones (excluding diaryl/α,β-unsaturated/α-hetero) is 1. The number of halogens is 1. The average Bonchev–Trinajstić information content (AvgIpc) is 2.60.